The molecule has 338 valence electrons. The summed E-state index contributed by atoms with van der Waals surface area (Å²) in [6, 6.07) is 0. The number of aliphatic hydroxyl groups is 4. The van der Waals surface area contributed by atoms with Gasteiger partial charge >= 0.3 is 0 Å². The first-order valence-electron chi connectivity index (χ1n) is 18.2. The lowest BCUT2D eigenvalue weighted by atomic mass is 10.1. The molecule has 0 amide bonds. The van der Waals surface area contributed by atoms with Crippen LogP contribution in [0.1, 0.15) is 51.4 Å². The fourth-order valence-corrected chi connectivity index (χ4v) is 7.12. The van der Waals surface area contributed by atoms with Crippen LogP contribution in [0.4, 0.5) is 0 Å². The van der Waals surface area contributed by atoms with Crippen LogP contribution in [0.25, 0.3) is 0 Å². The standard InChI is InChI=1S/C30H64N2O20S4/c33-27(23-49-11-5-15-53(37,38)39)19-31(20-28(34)24-50-12-6-16-54(40,41)42)9-3-1-2-4-10-32(21-29(35)25-51-13-7-17-55(43,44)45)22-30(36)26-52-14-8-18-56(46,47)48/h27-30,33-36H,1-26H2,(H,37,38,39)(H,40,41,42)(H,43,44,45)(H,46,47,48). The van der Waals surface area contributed by atoms with Gasteiger partial charge in [0, 0.05) is 52.6 Å². The van der Waals surface area contributed by atoms with Gasteiger partial charge in [0.1, 0.15) is 0 Å². The molecule has 26 heteroatoms. The molecule has 22 nitrogen and oxygen atoms in total. The summed E-state index contributed by atoms with van der Waals surface area (Å²) in [5.41, 5.74) is 0. The van der Waals surface area contributed by atoms with E-state index in [4.69, 9.17) is 37.2 Å². The number of nitrogens with zero attached hydrogens (tertiary/aromatic N) is 2. The van der Waals surface area contributed by atoms with Crippen LogP contribution < -0.4 is 0 Å². The van der Waals surface area contributed by atoms with E-state index in [-0.39, 0.29) is 105 Å². The molecule has 0 aromatic carbocycles. The SMILES string of the molecule is O=S(=O)(O)CCCOCC(O)CN(CCCCCCN(CC(O)COCCCS(=O)(=O)O)CC(O)COCCCS(=O)(=O)O)CC(O)COCCCS(=O)(=O)O. The highest BCUT2D eigenvalue weighted by atomic mass is 32.2. The van der Waals surface area contributed by atoms with Gasteiger partial charge in [-0.15, -0.1) is 0 Å². The van der Waals surface area contributed by atoms with Crippen LogP contribution in [-0.2, 0) is 59.4 Å². The van der Waals surface area contributed by atoms with Crippen molar-refractivity contribution >= 4 is 40.5 Å². The molecule has 0 rings (SSSR count). The quantitative estimate of drug-likeness (QED) is 0.0239. The van der Waals surface area contributed by atoms with Crippen LogP contribution in [-0.4, -0.2) is 222 Å². The van der Waals surface area contributed by atoms with Gasteiger partial charge in [-0.3, -0.25) is 28.0 Å². The Morgan fingerprint density at radius 2 is 0.571 bits per heavy atom. The lowest BCUT2D eigenvalue weighted by molar-refractivity contribution is -0.0110. The summed E-state index contributed by atoms with van der Waals surface area (Å²) in [7, 11) is -16.6. The minimum Gasteiger partial charge on any atom is -0.389 e. The van der Waals surface area contributed by atoms with Crippen molar-refractivity contribution in [3.8, 4) is 0 Å². The topological polar surface area (TPSA) is 342 Å². The molecule has 0 saturated carbocycles. The summed E-state index contributed by atoms with van der Waals surface area (Å²) in [6.45, 7) is 0.579. The van der Waals surface area contributed by atoms with Crippen molar-refractivity contribution in [1.29, 1.82) is 0 Å². The van der Waals surface area contributed by atoms with Gasteiger partial charge in [-0.05, 0) is 51.6 Å². The number of hydrogen-bond acceptors (Lipinski definition) is 18. The number of unbranched alkanes of at least 4 members (excludes halogenated alkanes) is 3. The monoisotopic (exact) mass is 900 g/mol. The highest BCUT2D eigenvalue weighted by Crippen LogP contribution is 2.08. The summed E-state index contributed by atoms with van der Waals surface area (Å²) in [5.74, 6) is -1.95. The lowest BCUT2D eigenvalue weighted by Gasteiger charge is -2.28. The summed E-state index contributed by atoms with van der Waals surface area (Å²) in [4.78, 5) is 3.56. The Labute approximate surface area is 331 Å². The maximum atomic E-state index is 10.9. The smallest absolute Gasteiger partial charge is 0.264 e. The number of ether oxygens (including phenoxy) is 4. The first-order chi connectivity index (χ1) is 25.9. The Morgan fingerprint density at radius 3 is 0.768 bits per heavy atom. The zero-order valence-corrected chi connectivity index (χ0v) is 35.0. The summed E-state index contributed by atoms with van der Waals surface area (Å²) in [6.07, 6.45) is -1.25. The fraction of sp³-hybridized carbons (Fsp3) is 1.00. The molecule has 0 spiro atoms. The Bertz CT molecular complexity index is 1230. The van der Waals surface area contributed by atoms with E-state index in [9.17, 15) is 54.1 Å². The predicted molar refractivity (Wildman–Crippen MR) is 203 cm³/mol. The molecule has 0 radical (unpaired) electrons. The van der Waals surface area contributed by atoms with Crippen molar-refractivity contribution in [2.24, 2.45) is 0 Å². The van der Waals surface area contributed by atoms with Crippen LogP contribution >= 0.6 is 0 Å². The van der Waals surface area contributed by atoms with Crippen LogP contribution in [0.3, 0.4) is 0 Å². The average Bonchev–Trinajstić information content (AvgIpc) is 3.03. The van der Waals surface area contributed by atoms with Gasteiger partial charge in [-0.2, -0.15) is 33.7 Å². The minimum absolute atomic E-state index is 0.0178. The maximum absolute atomic E-state index is 10.9. The van der Waals surface area contributed by atoms with E-state index >= 15 is 0 Å². The summed E-state index contributed by atoms with van der Waals surface area (Å²) >= 11 is 0. The Hall–Kier alpha value is -0.760. The van der Waals surface area contributed by atoms with E-state index in [1.807, 2.05) is 0 Å². The van der Waals surface area contributed by atoms with Crippen LogP contribution in [0.2, 0.25) is 0 Å². The van der Waals surface area contributed by atoms with Crippen LogP contribution in [0.15, 0.2) is 0 Å². The zero-order valence-electron chi connectivity index (χ0n) is 31.7. The third-order valence-corrected chi connectivity index (χ3v) is 10.8. The second kappa shape index (κ2) is 30.3. The van der Waals surface area contributed by atoms with Gasteiger partial charge in [0.25, 0.3) is 40.5 Å². The fourth-order valence-electron chi connectivity index (χ4n) is 5.19. The van der Waals surface area contributed by atoms with Crippen molar-refractivity contribution in [1.82, 2.24) is 9.80 Å². The van der Waals surface area contributed by atoms with E-state index in [1.165, 1.54) is 0 Å². The van der Waals surface area contributed by atoms with Crippen LogP contribution in [0.5, 0.6) is 0 Å². The molecule has 0 aromatic heterocycles. The minimum atomic E-state index is -4.14. The van der Waals surface area contributed by atoms with Crippen LogP contribution in [0, 0.1) is 0 Å². The summed E-state index contributed by atoms with van der Waals surface area (Å²) in [5, 5.41) is 42.1. The molecule has 0 bridgehead atoms. The highest BCUT2D eigenvalue weighted by molar-refractivity contribution is 7.86. The molecule has 0 aliphatic rings. The highest BCUT2D eigenvalue weighted by Gasteiger charge is 2.19. The van der Waals surface area contributed by atoms with Crippen molar-refractivity contribution in [2.45, 2.75) is 75.8 Å². The van der Waals surface area contributed by atoms with E-state index < -0.39 is 87.9 Å². The molecular formula is C30H64N2O20S4. The number of rotatable bonds is 39. The van der Waals surface area contributed by atoms with Crippen molar-refractivity contribution < 1.29 is 91.3 Å². The molecule has 4 unspecified atom stereocenters. The first-order valence-corrected chi connectivity index (χ1v) is 24.7. The number of hydrogen-bond donors (Lipinski definition) is 8. The molecule has 0 aliphatic carbocycles. The Morgan fingerprint density at radius 1 is 0.357 bits per heavy atom. The zero-order chi connectivity index (χ0) is 42.7. The summed E-state index contributed by atoms with van der Waals surface area (Å²) < 4.78 is 144. The normalized spacial score (nSPS) is 15.4. The van der Waals surface area contributed by atoms with Gasteiger partial charge in [0.15, 0.2) is 0 Å². The predicted octanol–water partition coefficient (Wildman–Crippen LogP) is -2.23. The van der Waals surface area contributed by atoms with Gasteiger partial charge < -0.3 is 39.4 Å². The lowest BCUT2D eigenvalue weighted by Crippen LogP contribution is -2.41. The average molecular weight is 901 g/mol. The van der Waals surface area contributed by atoms with Gasteiger partial charge in [0.05, 0.1) is 73.9 Å². The van der Waals surface area contributed by atoms with Gasteiger partial charge in [-0.1, -0.05) is 12.8 Å². The molecule has 0 saturated heterocycles. The van der Waals surface area contributed by atoms with Gasteiger partial charge in [-0.25, -0.2) is 0 Å². The third kappa shape index (κ3) is 40.0. The first kappa shape index (κ1) is 55.2. The van der Waals surface area contributed by atoms with Crippen molar-refractivity contribution in [2.75, 3.05) is 115 Å². The second-order valence-electron chi connectivity index (χ2n) is 13.4. The van der Waals surface area contributed by atoms with Crippen molar-refractivity contribution in [3.63, 3.8) is 0 Å². The van der Waals surface area contributed by atoms with Crippen molar-refractivity contribution in [3.05, 3.63) is 0 Å². The molecule has 0 fully saturated rings. The van der Waals surface area contributed by atoms with Gasteiger partial charge in [0.2, 0.25) is 0 Å². The Kier molecular flexibility index (Phi) is 29.9. The van der Waals surface area contributed by atoms with E-state index in [0.29, 0.717) is 38.8 Å². The maximum Gasteiger partial charge on any atom is 0.264 e. The second-order valence-corrected chi connectivity index (χ2v) is 19.7. The molecule has 0 heterocycles. The molecule has 0 aromatic rings. The molecule has 8 N–H and O–H groups in total. The van der Waals surface area contributed by atoms with E-state index in [1.54, 1.807) is 9.80 Å². The molecule has 0 aliphatic heterocycles. The number of aliphatic hydroxyl groups excluding tert-OH is 4. The largest absolute Gasteiger partial charge is 0.389 e. The molecule has 4 atom stereocenters. The molecule has 56 heavy (non-hydrogen) atoms. The van der Waals surface area contributed by atoms with E-state index in [0.717, 1.165) is 0 Å². The third-order valence-electron chi connectivity index (χ3n) is 7.58. The van der Waals surface area contributed by atoms with E-state index in [2.05, 4.69) is 0 Å². The Balaban J connectivity index is 5.06. The molecular weight excluding hydrogens is 837 g/mol.